The van der Waals surface area contributed by atoms with Crippen molar-refractivity contribution in [2.75, 3.05) is 6.61 Å². The molecule has 3 aromatic heterocycles. The van der Waals surface area contributed by atoms with Crippen LogP contribution in [0.25, 0.3) is 33.3 Å². The first-order chi connectivity index (χ1) is 12.8. The third kappa shape index (κ3) is 2.64. The van der Waals surface area contributed by atoms with Crippen molar-refractivity contribution in [1.29, 1.82) is 0 Å². The molecule has 4 aromatic rings. The van der Waals surface area contributed by atoms with Gasteiger partial charge in [-0.1, -0.05) is 6.07 Å². The summed E-state index contributed by atoms with van der Waals surface area (Å²) >= 11 is 0. The first-order valence-corrected chi connectivity index (χ1v) is 8.94. The average Bonchev–Trinajstić information content (AvgIpc) is 3.11. The van der Waals surface area contributed by atoms with Crippen molar-refractivity contribution in [3.8, 4) is 28.1 Å². The topological polar surface area (TPSA) is 50.8 Å². The highest BCUT2D eigenvalue weighted by Gasteiger charge is 2.13. The maximum absolute atomic E-state index is 5.77. The zero-order valence-electron chi connectivity index (χ0n) is 14.6. The standard InChI is InChI=1S/C22H19N3O/c1-14-9-16(6-7-23-14)21-11-17-10-15(4-5-19(17)25-21)18-12-22-20(24-13-18)3-2-8-26-22/h4-7,9-13,25H,2-3,8H2,1H3. The lowest BCUT2D eigenvalue weighted by Crippen LogP contribution is -2.09. The molecule has 0 aliphatic carbocycles. The smallest absolute Gasteiger partial charge is 0.141 e. The molecule has 0 spiro atoms. The highest BCUT2D eigenvalue weighted by Crippen LogP contribution is 2.32. The van der Waals surface area contributed by atoms with Crippen molar-refractivity contribution in [3.05, 3.63) is 66.2 Å². The number of ether oxygens (including phenoxy) is 1. The van der Waals surface area contributed by atoms with Crippen LogP contribution in [0.4, 0.5) is 0 Å². The van der Waals surface area contributed by atoms with Crippen molar-refractivity contribution < 1.29 is 4.74 Å². The Labute approximate surface area is 151 Å². The molecule has 4 nitrogen and oxygen atoms in total. The normalized spacial score (nSPS) is 13.4. The number of fused-ring (bicyclic) bond motifs is 2. The van der Waals surface area contributed by atoms with Crippen LogP contribution in [0.15, 0.2) is 54.9 Å². The molecule has 26 heavy (non-hydrogen) atoms. The van der Waals surface area contributed by atoms with Crippen LogP contribution >= 0.6 is 0 Å². The van der Waals surface area contributed by atoms with Crippen LogP contribution in [0, 0.1) is 6.92 Å². The summed E-state index contributed by atoms with van der Waals surface area (Å²) in [5, 5.41) is 1.19. The molecule has 4 heteroatoms. The third-order valence-corrected chi connectivity index (χ3v) is 4.91. The fourth-order valence-corrected chi connectivity index (χ4v) is 3.55. The van der Waals surface area contributed by atoms with Gasteiger partial charge in [0.25, 0.3) is 0 Å². The number of hydrogen-bond donors (Lipinski definition) is 1. The fourth-order valence-electron chi connectivity index (χ4n) is 3.55. The summed E-state index contributed by atoms with van der Waals surface area (Å²) in [4.78, 5) is 12.4. The van der Waals surface area contributed by atoms with Gasteiger partial charge in [-0.25, -0.2) is 0 Å². The van der Waals surface area contributed by atoms with E-state index in [9.17, 15) is 0 Å². The third-order valence-electron chi connectivity index (χ3n) is 4.91. The van der Waals surface area contributed by atoms with E-state index >= 15 is 0 Å². The summed E-state index contributed by atoms with van der Waals surface area (Å²) < 4.78 is 5.77. The van der Waals surface area contributed by atoms with Crippen LogP contribution in [-0.2, 0) is 6.42 Å². The van der Waals surface area contributed by atoms with E-state index in [0.29, 0.717) is 0 Å². The van der Waals surface area contributed by atoms with E-state index in [2.05, 4.69) is 51.4 Å². The first-order valence-electron chi connectivity index (χ1n) is 8.94. The van der Waals surface area contributed by atoms with E-state index in [4.69, 9.17) is 4.74 Å². The molecule has 0 saturated carbocycles. The molecule has 1 N–H and O–H groups in total. The van der Waals surface area contributed by atoms with Gasteiger partial charge >= 0.3 is 0 Å². The van der Waals surface area contributed by atoms with E-state index in [1.807, 2.05) is 25.4 Å². The second kappa shape index (κ2) is 5.99. The van der Waals surface area contributed by atoms with Crippen LogP contribution < -0.4 is 4.74 Å². The van der Waals surface area contributed by atoms with Crippen LogP contribution in [0.3, 0.4) is 0 Å². The minimum Gasteiger partial charge on any atom is -0.492 e. The minimum atomic E-state index is 0.781. The SMILES string of the molecule is Cc1cc(-c2cc3cc(-c4cnc5c(c4)OCCC5)ccc3[nH]2)ccn1. The van der Waals surface area contributed by atoms with Gasteiger partial charge in [-0.3, -0.25) is 9.97 Å². The van der Waals surface area contributed by atoms with Crippen LogP contribution in [0.1, 0.15) is 17.8 Å². The van der Waals surface area contributed by atoms with Crippen molar-refractivity contribution in [1.82, 2.24) is 15.0 Å². The molecule has 4 heterocycles. The van der Waals surface area contributed by atoms with Gasteiger partial charge in [0.15, 0.2) is 0 Å². The second-order valence-corrected chi connectivity index (χ2v) is 6.79. The summed E-state index contributed by atoms with van der Waals surface area (Å²) in [6.07, 6.45) is 5.85. The Hall–Kier alpha value is -3.14. The maximum atomic E-state index is 5.77. The van der Waals surface area contributed by atoms with Gasteiger partial charge in [0.1, 0.15) is 5.75 Å². The number of benzene rings is 1. The largest absolute Gasteiger partial charge is 0.492 e. The molecule has 1 aromatic carbocycles. The second-order valence-electron chi connectivity index (χ2n) is 6.79. The van der Waals surface area contributed by atoms with E-state index in [0.717, 1.165) is 64.5 Å². The predicted molar refractivity (Wildman–Crippen MR) is 103 cm³/mol. The summed E-state index contributed by atoms with van der Waals surface area (Å²) in [5.74, 6) is 0.927. The van der Waals surface area contributed by atoms with E-state index in [-0.39, 0.29) is 0 Å². The summed E-state index contributed by atoms with van der Waals surface area (Å²) in [7, 11) is 0. The van der Waals surface area contributed by atoms with Gasteiger partial charge in [-0.2, -0.15) is 0 Å². The monoisotopic (exact) mass is 341 g/mol. The average molecular weight is 341 g/mol. The van der Waals surface area contributed by atoms with Gasteiger partial charge in [-0.15, -0.1) is 0 Å². The molecule has 128 valence electrons. The molecule has 0 fully saturated rings. The number of aryl methyl sites for hydroxylation is 2. The van der Waals surface area contributed by atoms with Gasteiger partial charge in [-0.05, 0) is 61.7 Å². The van der Waals surface area contributed by atoms with Gasteiger partial charge in [0, 0.05) is 45.8 Å². The first kappa shape index (κ1) is 15.1. The Morgan fingerprint density at radius 3 is 2.85 bits per heavy atom. The molecule has 0 unspecified atom stereocenters. The van der Waals surface area contributed by atoms with E-state index in [1.54, 1.807) is 0 Å². The Balaban J connectivity index is 1.56. The van der Waals surface area contributed by atoms with E-state index < -0.39 is 0 Å². The van der Waals surface area contributed by atoms with Gasteiger partial charge in [0.05, 0.1) is 12.3 Å². The summed E-state index contributed by atoms with van der Waals surface area (Å²) in [5.41, 5.74) is 7.71. The highest BCUT2D eigenvalue weighted by atomic mass is 16.5. The lowest BCUT2D eigenvalue weighted by molar-refractivity contribution is 0.285. The minimum absolute atomic E-state index is 0.781. The Kier molecular flexibility index (Phi) is 3.49. The van der Waals surface area contributed by atoms with Crippen LogP contribution in [0.5, 0.6) is 5.75 Å². The van der Waals surface area contributed by atoms with Crippen molar-refractivity contribution in [2.24, 2.45) is 0 Å². The van der Waals surface area contributed by atoms with Gasteiger partial charge in [0.2, 0.25) is 0 Å². The molecule has 0 bridgehead atoms. The van der Waals surface area contributed by atoms with Crippen LogP contribution in [-0.4, -0.2) is 21.6 Å². The Bertz CT molecular complexity index is 1110. The number of pyridine rings is 2. The number of nitrogens with zero attached hydrogens (tertiary/aromatic N) is 2. The molecular weight excluding hydrogens is 322 g/mol. The molecule has 5 rings (SSSR count). The summed E-state index contributed by atoms with van der Waals surface area (Å²) in [6, 6.07) is 14.9. The Morgan fingerprint density at radius 1 is 0.962 bits per heavy atom. The van der Waals surface area contributed by atoms with Crippen LogP contribution in [0.2, 0.25) is 0 Å². The quantitative estimate of drug-likeness (QED) is 0.563. The van der Waals surface area contributed by atoms with E-state index in [1.165, 1.54) is 5.39 Å². The molecule has 0 atom stereocenters. The fraction of sp³-hybridized carbons (Fsp3) is 0.182. The molecule has 0 amide bonds. The number of H-pyrrole nitrogens is 1. The lowest BCUT2D eigenvalue weighted by Gasteiger charge is -2.16. The highest BCUT2D eigenvalue weighted by molar-refractivity contribution is 5.89. The van der Waals surface area contributed by atoms with Crippen molar-refractivity contribution in [3.63, 3.8) is 0 Å². The Morgan fingerprint density at radius 2 is 1.92 bits per heavy atom. The predicted octanol–water partition coefficient (Wildman–Crippen LogP) is 4.93. The molecule has 1 aliphatic rings. The number of nitrogens with one attached hydrogen (secondary N) is 1. The number of rotatable bonds is 2. The zero-order chi connectivity index (χ0) is 17.5. The molecule has 1 aliphatic heterocycles. The molecule has 0 radical (unpaired) electrons. The molecule has 0 saturated heterocycles. The van der Waals surface area contributed by atoms with Gasteiger partial charge < -0.3 is 9.72 Å². The van der Waals surface area contributed by atoms with Crippen molar-refractivity contribution in [2.45, 2.75) is 19.8 Å². The molecular formula is C22H19N3O. The number of hydrogen-bond acceptors (Lipinski definition) is 3. The number of aromatic amines is 1. The maximum Gasteiger partial charge on any atom is 0.141 e. The van der Waals surface area contributed by atoms with Crippen molar-refractivity contribution >= 4 is 10.9 Å². The number of aromatic nitrogens is 3. The lowest BCUT2D eigenvalue weighted by atomic mass is 10.0. The zero-order valence-corrected chi connectivity index (χ0v) is 14.6. The summed E-state index contributed by atoms with van der Waals surface area (Å²) in [6.45, 7) is 2.79.